The van der Waals surface area contributed by atoms with Crippen LogP contribution in [0.5, 0.6) is 11.6 Å². The summed E-state index contributed by atoms with van der Waals surface area (Å²) in [6, 6.07) is 9.05. The summed E-state index contributed by atoms with van der Waals surface area (Å²) in [4.78, 5) is 18.5. The number of hydrogen-bond acceptors (Lipinski definition) is 4. The number of pyridine rings is 1. The van der Waals surface area contributed by atoms with Gasteiger partial charge in [-0.1, -0.05) is 26.0 Å². The van der Waals surface area contributed by atoms with Gasteiger partial charge in [-0.05, 0) is 43.2 Å². The van der Waals surface area contributed by atoms with Crippen LogP contribution in [0.3, 0.4) is 0 Å². The number of amides is 2. The van der Waals surface area contributed by atoms with Crippen molar-refractivity contribution < 1.29 is 14.6 Å². The predicted molar refractivity (Wildman–Crippen MR) is 101 cm³/mol. The third kappa shape index (κ3) is 3.65. The summed E-state index contributed by atoms with van der Waals surface area (Å²) < 4.78 is 5.95. The summed E-state index contributed by atoms with van der Waals surface area (Å²) in [5.74, 6) is 1.05. The molecule has 1 unspecified atom stereocenters. The fourth-order valence-corrected chi connectivity index (χ4v) is 2.97. The fraction of sp³-hybridized carbons (Fsp3) is 0.400. The van der Waals surface area contributed by atoms with Gasteiger partial charge >= 0.3 is 6.03 Å². The maximum absolute atomic E-state index is 12.6. The number of β-amino-alcohol motifs (C(OH)–C–C–N with tert-alkyl or cyclic N) is 1. The molecule has 1 aromatic heterocycles. The van der Waals surface area contributed by atoms with Crippen molar-refractivity contribution >= 4 is 11.7 Å². The number of likely N-dealkylation sites (tertiary alicyclic amines) is 1. The third-order valence-corrected chi connectivity index (χ3v) is 4.96. The largest absolute Gasteiger partial charge is 0.437 e. The molecule has 1 saturated heterocycles. The zero-order valence-corrected chi connectivity index (χ0v) is 15.6. The van der Waals surface area contributed by atoms with Gasteiger partial charge in [0, 0.05) is 24.7 Å². The van der Waals surface area contributed by atoms with Gasteiger partial charge in [-0.25, -0.2) is 9.78 Å². The molecule has 1 aliphatic heterocycles. The van der Waals surface area contributed by atoms with Crippen LogP contribution in [0.4, 0.5) is 10.5 Å². The molecule has 1 fully saturated rings. The first-order valence-corrected chi connectivity index (χ1v) is 8.71. The number of rotatable bonds is 3. The zero-order valence-electron chi connectivity index (χ0n) is 15.6. The number of nitrogens with zero attached hydrogens (tertiary/aromatic N) is 2. The molecule has 0 saturated carbocycles. The zero-order chi connectivity index (χ0) is 18.9. The molecule has 26 heavy (non-hydrogen) atoms. The number of aliphatic hydroxyl groups excluding tert-OH is 1. The average molecular weight is 355 g/mol. The molecule has 138 valence electrons. The van der Waals surface area contributed by atoms with Crippen LogP contribution in [0.2, 0.25) is 0 Å². The van der Waals surface area contributed by atoms with Crippen molar-refractivity contribution in [2.45, 2.75) is 33.8 Å². The molecule has 1 atom stereocenters. The molecule has 0 radical (unpaired) electrons. The second kappa shape index (κ2) is 6.96. The minimum atomic E-state index is -0.534. The molecule has 0 spiro atoms. The molecule has 6 nitrogen and oxygen atoms in total. The molecular formula is C20H25N3O3. The van der Waals surface area contributed by atoms with Crippen LogP contribution in [-0.2, 0) is 0 Å². The quantitative estimate of drug-likeness (QED) is 0.880. The maximum atomic E-state index is 12.6. The highest BCUT2D eigenvalue weighted by atomic mass is 16.5. The van der Waals surface area contributed by atoms with Gasteiger partial charge in [-0.15, -0.1) is 0 Å². The Balaban J connectivity index is 1.78. The van der Waals surface area contributed by atoms with Crippen LogP contribution in [0, 0.1) is 19.3 Å². The van der Waals surface area contributed by atoms with Crippen LogP contribution < -0.4 is 10.1 Å². The molecule has 2 heterocycles. The van der Waals surface area contributed by atoms with Crippen LogP contribution in [0.1, 0.15) is 25.0 Å². The standard InChI is InChI=1S/C20H25N3O3/c1-13-7-5-9-16(14(13)2)26-18-15(8-6-10-21-18)22-19(25)23-11-17(24)20(3,4)12-23/h5-10,17,24H,11-12H2,1-4H3,(H,22,25). The monoisotopic (exact) mass is 355 g/mol. The van der Waals surface area contributed by atoms with Crippen molar-refractivity contribution in [3.8, 4) is 11.6 Å². The van der Waals surface area contributed by atoms with Gasteiger partial charge in [-0.3, -0.25) is 0 Å². The number of aliphatic hydroxyl groups is 1. The number of carbonyl (C=O) groups excluding carboxylic acids is 1. The second-order valence-electron chi connectivity index (χ2n) is 7.47. The lowest BCUT2D eigenvalue weighted by Gasteiger charge is -2.21. The Morgan fingerprint density at radius 3 is 2.77 bits per heavy atom. The first-order valence-electron chi connectivity index (χ1n) is 8.71. The molecule has 2 N–H and O–H groups in total. The number of ether oxygens (including phenoxy) is 1. The van der Waals surface area contributed by atoms with Crippen molar-refractivity contribution in [3.63, 3.8) is 0 Å². The summed E-state index contributed by atoms with van der Waals surface area (Å²) in [5.41, 5.74) is 2.33. The number of carbonyl (C=O) groups is 1. The van der Waals surface area contributed by atoms with E-state index in [1.165, 1.54) is 0 Å². The van der Waals surface area contributed by atoms with E-state index < -0.39 is 6.10 Å². The predicted octanol–water partition coefficient (Wildman–Crippen LogP) is 3.73. The van der Waals surface area contributed by atoms with E-state index in [4.69, 9.17) is 4.74 Å². The van der Waals surface area contributed by atoms with E-state index in [1.54, 1.807) is 23.2 Å². The molecule has 0 aliphatic carbocycles. The maximum Gasteiger partial charge on any atom is 0.322 e. The average Bonchev–Trinajstić information content (AvgIpc) is 2.87. The van der Waals surface area contributed by atoms with E-state index in [0.717, 1.165) is 11.1 Å². The van der Waals surface area contributed by atoms with Crippen LogP contribution >= 0.6 is 0 Å². The Hall–Kier alpha value is -2.60. The SMILES string of the molecule is Cc1cccc(Oc2ncccc2NC(=O)N2CC(O)C(C)(C)C2)c1C. The van der Waals surface area contributed by atoms with Crippen molar-refractivity contribution in [1.82, 2.24) is 9.88 Å². The molecule has 2 aromatic rings. The van der Waals surface area contributed by atoms with Gasteiger partial charge < -0.3 is 20.1 Å². The lowest BCUT2D eigenvalue weighted by Crippen LogP contribution is -2.34. The summed E-state index contributed by atoms with van der Waals surface area (Å²) in [7, 11) is 0. The molecule has 0 bridgehead atoms. The number of aromatic nitrogens is 1. The van der Waals surface area contributed by atoms with Gasteiger partial charge in [0.1, 0.15) is 11.4 Å². The highest BCUT2D eigenvalue weighted by Gasteiger charge is 2.40. The molecule has 2 amide bonds. The Bertz CT molecular complexity index is 820. The Kier molecular flexibility index (Phi) is 4.87. The van der Waals surface area contributed by atoms with Crippen molar-refractivity contribution in [3.05, 3.63) is 47.7 Å². The Labute approximate surface area is 153 Å². The van der Waals surface area contributed by atoms with E-state index in [1.807, 2.05) is 45.9 Å². The van der Waals surface area contributed by atoms with E-state index >= 15 is 0 Å². The minimum Gasteiger partial charge on any atom is -0.437 e. The van der Waals surface area contributed by atoms with E-state index in [2.05, 4.69) is 10.3 Å². The van der Waals surface area contributed by atoms with E-state index in [9.17, 15) is 9.90 Å². The van der Waals surface area contributed by atoms with E-state index in [0.29, 0.717) is 30.4 Å². The van der Waals surface area contributed by atoms with Crippen LogP contribution in [-0.4, -0.2) is 40.2 Å². The summed E-state index contributed by atoms with van der Waals surface area (Å²) >= 11 is 0. The highest BCUT2D eigenvalue weighted by Crippen LogP contribution is 2.32. The summed E-state index contributed by atoms with van der Waals surface area (Å²) in [5, 5.41) is 12.9. The summed E-state index contributed by atoms with van der Waals surface area (Å²) in [6.07, 6.45) is 1.09. The molecule has 3 rings (SSSR count). The van der Waals surface area contributed by atoms with Crippen molar-refractivity contribution in [2.75, 3.05) is 18.4 Å². The second-order valence-corrected chi connectivity index (χ2v) is 7.47. The lowest BCUT2D eigenvalue weighted by atomic mass is 9.90. The highest BCUT2D eigenvalue weighted by molar-refractivity contribution is 5.91. The summed E-state index contributed by atoms with van der Waals surface area (Å²) in [6.45, 7) is 8.71. The minimum absolute atomic E-state index is 0.270. The number of anilines is 1. The number of hydrogen-bond donors (Lipinski definition) is 2. The normalized spacial score (nSPS) is 18.7. The number of aryl methyl sites for hydroxylation is 1. The van der Waals surface area contributed by atoms with Crippen LogP contribution in [0.25, 0.3) is 0 Å². The Morgan fingerprint density at radius 2 is 2.08 bits per heavy atom. The fourth-order valence-electron chi connectivity index (χ4n) is 2.97. The first kappa shape index (κ1) is 18.2. The van der Waals surface area contributed by atoms with Gasteiger partial charge in [0.2, 0.25) is 5.88 Å². The number of urea groups is 1. The van der Waals surface area contributed by atoms with Gasteiger partial charge in [0.25, 0.3) is 0 Å². The topological polar surface area (TPSA) is 74.7 Å². The Morgan fingerprint density at radius 1 is 1.31 bits per heavy atom. The molecule has 6 heteroatoms. The molecular weight excluding hydrogens is 330 g/mol. The lowest BCUT2D eigenvalue weighted by molar-refractivity contribution is 0.0957. The number of benzene rings is 1. The molecule has 1 aromatic carbocycles. The number of nitrogens with one attached hydrogen (secondary N) is 1. The van der Waals surface area contributed by atoms with Gasteiger partial charge in [0.05, 0.1) is 6.10 Å². The van der Waals surface area contributed by atoms with Gasteiger partial charge in [0.15, 0.2) is 0 Å². The molecule has 1 aliphatic rings. The first-order chi connectivity index (χ1) is 12.3. The third-order valence-electron chi connectivity index (χ3n) is 4.96. The van der Waals surface area contributed by atoms with E-state index in [-0.39, 0.29) is 11.4 Å². The smallest absolute Gasteiger partial charge is 0.322 e. The van der Waals surface area contributed by atoms with Crippen LogP contribution in [0.15, 0.2) is 36.5 Å². The van der Waals surface area contributed by atoms with Crippen molar-refractivity contribution in [1.29, 1.82) is 0 Å². The van der Waals surface area contributed by atoms with Gasteiger partial charge in [-0.2, -0.15) is 0 Å². The van der Waals surface area contributed by atoms with Crippen molar-refractivity contribution in [2.24, 2.45) is 5.41 Å².